The fraction of sp³-hybridized carbons (Fsp3) is 0.348. The molecule has 0 saturated carbocycles. The van der Waals surface area contributed by atoms with Gasteiger partial charge in [-0.1, -0.05) is 24.3 Å². The number of aromatic nitrogens is 1. The van der Waals surface area contributed by atoms with Crippen molar-refractivity contribution < 1.29 is 13.9 Å². The number of ether oxygens (including phenoxy) is 2. The van der Waals surface area contributed by atoms with E-state index in [1.807, 2.05) is 43.3 Å². The lowest BCUT2D eigenvalue weighted by Gasteiger charge is -2.24. The molecule has 0 amide bonds. The maximum absolute atomic E-state index is 5.94. The average molecular weight is 378 g/mol. The van der Waals surface area contributed by atoms with E-state index in [2.05, 4.69) is 17.0 Å². The summed E-state index contributed by atoms with van der Waals surface area (Å²) in [7, 11) is 3.34. The lowest BCUT2D eigenvalue weighted by atomic mass is 10.0. The van der Waals surface area contributed by atoms with Crippen LogP contribution in [0.3, 0.4) is 0 Å². The first-order chi connectivity index (χ1) is 13.7. The first-order valence-electron chi connectivity index (χ1n) is 9.67. The van der Waals surface area contributed by atoms with Gasteiger partial charge in [0.15, 0.2) is 11.5 Å². The van der Waals surface area contributed by atoms with Gasteiger partial charge in [0.05, 0.1) is 19.9 Å². The molecule has 2 heterocycles. The highest BCUT2D eigenvalue weighted by Crippen LogP contribution is 2.38. The van der Waals surface area contributed by atoms with Gasteiger partial charge in [-0.3, -0.25) is 4.90 Å². The molecule has 0 aliphatic carbocycles. The molecule has 5 heteroatoms. The highest BCUT2D eigenvalue weighted by molar-refractivity contribution is 5.53. The van der Waals surface area contributed by atoms with Gasteiger partial charge in [-0.25, -0.2) is 4.98 Å². The number of oxazole rings is 1. The minimum Gasteiger partial charge on any atom is -0.493 e. The second-order valence-electron chi connectivity index (χ2n) is 7.13. The predicted octanol–water partition coefficient (Wildman–Crippen LogP) is 5.00. The van der Waals surface area contributed by atoms with Crippen LogP contribution in [0.5, 0.6) is 11.5 Å². The number of methoxy groups -OCH3 is 2. The van der Waals surface area contributed by atoms with Crippen LogP contribution < -0.4 is 9.47 Å². The molecule has 146 valence electrons. The fourth-order valence-corrected chi connectivity index (χ4v) is 3.92. The summed E-state index contributed by atoms with van der Waals surface area (Å²) in [5.74, 6) is 3.11. The monoisotopic (exact) mass is 378 g/mol. The maximum Gasteiger partial charge on any atom is 0.226 e. The third-order valence-corrected chi connectivity index (χ3v) is 5.42. The van der Waals surface area contributed by atoms with Crippen LogP contribution in [0.25, 0.3) is 11.5 Å². The van der Waals surface area contributed by atoms with Crippen molar-refractivity contribution in [2.45, 2.75) is 32.4 Å². The van der Waals surface area contributed by atoms with Crippen molar-refractivity contribution in [3.63, 3.8) is 0 Å². The Kier molecular flexibility index (Phi) is 5.35. The molecule has 5 nitrogen and oxygen atoms in total. The standard InChI is InChI=1S/C23H26N2O3/c1-16-19(24-23(28-16)17-8-5-4-6-9-17)15-25-13-7-10-20(25)18-11-12-21(26-2)22(14-18)27-3/h4-6,8-9,11-12,14,20H,7,10,13,15H2,1-3H3/t20-/m1/s1. The molecular formula is C23H26N2O3. The van der Waals surface area contributed by atoms with E-state index in [9.17, 15) is 0 Å². The summed E-state index contributed by atoms with van der Waals surface area (Å²) in [5, 5.41) is 0. The van der Waals surface area contributed by atoms with Gasteiger partial charge in [-0.05, 0) is 56.1 Å². The number of aryl methyl sites for hydroxylation is 1. The largest absolute Gasteiger partial charge is 0.493 e. The minimum absolute atomic E-state index is 0.344. The van der Waals surface area contributed by atoms with Gasteiger partial charge in [0.1, 0.15) is 5.76 Å². The first-order valence-corrected chi connectivity index (χ1v) is 9.67. The Morgan fingerprint density at radius 3 is 2.61 bits per heavy atom. The Morgan fingerprint density at radius 1 is 1.07 bits per heavy atom. The SMILES string of the molecule is COc1ccc([C@H]2CCCN2Cc2nc(-c3ccccc3)oc2C)cc1OC. The topological polar surface area (TPSA) is 47.7 Å². The second-order valence-corrected chi connectivity index (χ2v) is 7.13. The molecule has 1 atom stereocenters. The molecule has 1 aromatic heterocycles. The van der Waals surface area contributed by atoms with Gasteiger partial charge in [0.25, 0.3) is 0 Å². The molecule has 1 saturated heterocycles. The number of hydrogen-bond acceptors (Lipinski definition) is 5. The summed E-state index contributed by atoms with van der Waals surface area (Å²) >= 11 is 0. The van der Waals surface area contributed by atoms with Crippen LogP contribution >= 0.6 is 0 Å². The van der Waals surface area contributed by atoms with Crippen molar-refractivity contribution in [1.29, 1.82) is 0 Å². The van der Waals surface area contributed by atoms with Crippen LogP contribution in [0.4, 0.5) is 0 Å². The van der Waals surface area contributed by atoms with Crippen molar-refractivity contribution in [3.8, 4) is 23.0 Å². The number of likely N-dealkylation sites (tertiary alicyclic amines) is 1. The molecule has 4 rings (SSSR count). The third kappa shape index (κ3) is 3.62. The molecule has 2 aromatic carbocycles. The van der Waals surface area contributed by atoms with Crippen LogP contribution in [0.15, 0.2) is 52.9 Å². The van der Waals surface area contributed by atoms with Gasteiger partial charge in [-0.15, -0.1) is 0 Å². The normalized spacial score (nSPS) is 17.0. The van der Waals surface area contributed by atoms with E-state index in [1.165, 1.54) is 12.0 Å². The van der Waals surface area contributed by atoms with Crippen LogP contribution in [-0.4, -0.2) is 30.6 Å². The van der Waals surface area contributed by atoms with E-state index < -0.39 is 0 Å². The molecule has 3 aromatic rings. The Balaban J connectivity index is 1.56. The Morgan fingerprint density at radius 2 is 1.86 bits per heavy atom. The summed E-state index contributed by atoms with van der Waals surface area (Å²) in [4.78, 5) is 7.25. The Labute approximate surface area is 165 Å². The summed E-state index contributed by atoms with van der Waals surface area (Å²) < 4.78 is 16.8. The number of benzene rings is 2. The van der Waals surface area contributed by atoms with E-state index in [4.69, 9.17) is 18.9 Å². The van der Waals surface area contributed by atoms with Gasteiger partial charge >= 0.3 is 0 Å². The molecular weight excluding hydrogens is 352 g/mol. The third-order valence-electron chi connectivity index (χ3n) is 5.42. The van der Waals surface area contributed by atoms with Crippen LogP contribution in [-0.2, 0) is 6.54 Å². The van der Waals surface area contributed by atoms with E-state index >= 15 is 0 Å². The van der Waals surface area contributed by atoms with Crippen molar-refractivity contribution in [2.24, 2.45) is 0 Å². The smallest absolute Gasteiger partial charge is 0.226 e. The minimum atomic E-state index is 0.344. The van der Waals surface area contributed by atoms with Crippen molar-refractivity contribution >= 4 is 0 Å². The lowest BCUT2D eigenvalue weighted by Crippen LogP contribution is -2.23. The molecule has 0 spiro atoms. The molecule has 28 heavy (non-hydrogen) atoms. The van der Waals surface area contributed by atoms with E-state index in [-0.39, 0.29) is 0 Å². The number of rotatable bonds is 6. The first kappa shape index (κ1) is 18.6. The lowest BCUT2D eigenvalue weighted by molar-refractivity contribution is 0.243. The number of hydrogen-bond donors (Lipinski definition) is 0. The second kappa shape index (κ2) is 8.07. The quantitative estimate of drug-likeness (QED) is 0.604. The summed E-state index contributed by atoms with van der Waals surface area (Å²) in [6.07, 6.45) is 2.29. The van der Waals surface area contributed by atoms with Crippen molar-refractivity contribution in [3.05, 3.63) is 65.5 Å². The van der Waals surface area contributed by atoms with E-state index in [0.29, 0.717) is 11.9 Å². The molecule has 0 bridgehead atoms. The zero-order valence-corrected chi connectivity index (χ0v) is 16.6. The number of nitrogens with zero attached hydrogens (tertiary/aromatic N) is 2. The fourth-order valence-electron chi connectivity index (χ4n) is 3.92. The molecule has 0 radical (unpaired) electrons. The van der Waals surface area contributed by atoms with Gasteiger partial charge in [-0.2, -0.15) is 0 Å². The van der Waals surface area contributed by atoms with Crippen LogP contribution in [0.1, 0.15) is 35.9 Å². The van der Waals surface area contributed by atoms with Gasteiger partial charge in [0.2, 0.25) is 5.89 Å². The van der Waals surface area contributed by atoms with Crippen molar-refractivity contribution in [1.82, 2.24) is 9.88 Å². The average Bonchev–Trinajstić information content (AvgIpc) is 3.35. The van der Waals surface area contributed by atoms with Gasteiger partial charge < -0.3 is 13.9 Å². The van der Waals surface area contributed by atoms with E-state index in [1.54, 1.807) is 14.2 Å². The highest BCUT2D eigenvalue weighted by Gasteiger charge is 2.28. The summed E-state index contributed by atoms with van der Waals surface area (Å²) in [6, 6.07) is 16.6. The Hall–Kier alpha value is -2.79. The summed E-state index contributed by atoms with van der Waals surface area (Å²) in [6.45, 7) is 3.82. The van der Waals surface area contributed by atoms with Gasteiger partial charge in [0, 0.05) is 18.2 Å². The maximum atomic E-state index is 5.94. The molecule has 1 aliphatic rings. The highest BCUT2D eigenvalue weighted by atomic mass is 16.5. The molecule has 1 aliphatic heterocycles. The summed E-state index contributed by atoms with van der Waals surface area (Å²) in [5.41, 5.74) is 3.26. The zero-order valence-electron chi connectivity index (χ0n) is 16.6. The zero-order chi connectivity index (χ0) is 19.5. The molecule has 0 N–H and O–H groups in total. The molecule has 0 unspecified atom stereocenters. The van der Waals surface area contributed by atoms with Crippen molar-refractivity contribution in [2.75, 3.05) is 20.8 Å². The molecule has 1 fully saturated rings. The van der Waals surface area contributed by atoms with E-state index in [0.717, 1.165) is 48.0 Å². The Bertz CT molecular complexity index is 936. The van der Waals surface area contributed by atoms with Crippen LogP contribution in [0, 0.1) is 6.92 Å². The predicted molar refractivity (Wildman–Crippen MR) is 109 cm³/mol. The van der Waals surface area contributed by atoms with Crippen LogP contribution in [0.2, 0.25) is 0 Å².